The minimum atomic E-state index is -4.76. The number of hydrogen-bond donors (Lipinski definition) is 2. The predicted molar refractivity (Wildman–Crippen MR) is 170 cm³/mol. The molecule has 0 aliphatic rings. The van der Waals surface area contributed by atoms with E-state index in [2.05, 4.69) is 37.4 Å². The molecule has 2 N–H and O–H groups in total. The number of hydrogen-bond acceptors (Lipinski definition) is 7. The second-order valence-corrected chi connectivity index (χ2v) is 10.9. The van der Waals surface area contributed by atoms with Crippen LogP contribution >= 0.6 is 11.8 Å². The number of aryl methyl sites for hydroxylation is 2. The fourth-order valence-corrected chi connectivity index (χ4v) is 4.95. The standard InChI is InChI=1S/C31H32F3N7O3S/c1-4-6-22-8-7-21(3)17-27(22)40(20-42)30(45-5-2)38-29(43)37-24-11-9-23(10-12-24)35-18-28-36-19-41(39-28)25-13-15-26(16-14-25)44-31(32,33)34/h7-17,19-20,35H,4-6,18H2,1-3H3,(H,37,43)/b38-30-. The van der Waals surface area contributed by atoms with E-state index in [1.165, 1.54) is 51.9 Å². The Labute approximate surface area is 262 Å². The first-order chi connectivity index (χ1) is 21.6. The van der Waals surface area contributed by atoms with Crippen molar-refractivity contribution in [3.63, 3.8) is 0 Å². The molecule has 0 bridgehead atoms. The van der Waals surface area contributed by atoms with E-state index >= 15 is 0 Å². The molecule has 1 heterocycles. The highest BCUT2D eigenvalue weighted by molar-refractivity contribution is 8.14. The van der Waals surface area contributed by atoms with Gasteiger partial charge in [0.15, 0.2) is 11.0 Å². The fraction of sp³-hybridized carbons (Fsp3) is 0.258. The van der Waals surface area contributed by atoms with Gasteiger partial charge in [-0.15, -0.1) is 18.3 Å². The second kappa shape index (κ2) is 15.2. The number of urea groups is 1. The number of aliphatic imine (C=N–C) groups is 1. The van der Waals surface area contributed by atoms with Gasteiger partial charge in [0, 0.05) is 11.4 Å². The van der Waals surface area contributed by atoms with Crippen LogP contribution in [0.5, 0.6) is 5.75 Å². The van der Waals surface area contributed by atoms with Gasteiger partial charge in [-0.05, 0) is 84.8 Å². The van der Waals surface area contributed by atoms with Gasteiger partial charge in [-0.1, -0.05) is 44.2 Å². The molecule has 0 unspecified atom stereocenters. The lowest BCUT2D eigenvalue weighted by Crippen LogP contribution is -2.30. The number of anilines is 3. The minimum Gasteiger partial charge on any atom is -0.406 e. The van der Waals surface area contributed by atoms with E-state index in [4.69, 9.17) is 0 Å². The smallest absolute Gasteiger partial charge is 0.406 e. The van der Waals surface area contributed by atoms with E-state index in [0.717, 1.165) is 29.7 Å². The lowest BCUT2D eigenvalue weighted by atomic mass is 10.0. The summed E-state index contributed by atoms with van der Waals surface area (Å²) in [5, 5.41) is 10.5. The van der Waals surface area contributed by atoms with Crippen LogP contribution < -0.4 is 20.3 Å². The van der Waals surface area contributed by atoms with Gasteiger partial charge in [0.2, 0.25) is 6.41 Å². The monoisotopic (exact) mass is 639 g/mol. The van der Waals surface area contributed by atoms with Crippen molar-refractivity contribution in [1.29, 1.82) is 0 Å². The van der Waals surface area contributed by atoms with Gasteiger partial charge in [0.25, 0.3) is 0 Å². The third kappa shape index (κ3) is 9.57. The zero-order valence-corrected chi connectivity index (χ0v) is 25.7. The van der Waals surface area contributed by atoms with Crippen LogP contribution in [-0.4, -0.2) is 44.5 Å². The molecule has 45 heavy (non-hydrogen) atoms. The number of aromatic nitrogens is 3. The van der Waals surface area contributed by atoms with Crippen LogP contribution in [0.25, 0.3) is 5.69 Å². The molecule has 0 atom stereocenters. The molecular weight excluding hydrogens is 607 g/mol. The molecular formula is C31H32F3N7O3S. The van der Waals surface area contributed by atoms with Gasteiger partial charge in [-0.2, -0.15) is 4.99 Å². The Morgan fingerprint density at radius 2 is 1.78 bits per heavy atom. The van der Waals surface area contributed by atoms with Crippen molar-refractivity contribution < 1.29 is 27.5 Å². The molecule has 3 amide bonds. The largest absolute Gasteiger partial charge is 0.573 e. The van der Waals surface area contributed by atoms with Gasteiger partial charge in [0.1, 0.15) is 12.1 Å². The molecule has 10 nitrogen and oxygen atoms in total. The van der Waals surface area contributed by atoms with Gasteiger partial charge in [-0.25, -0.2) is 14.5 Å². The molecule has 236 valence electrons. The number of carbonyl (C=O) groups excluding carboxylic acids is 2. The Bertz CT molecular complexity index is 1620. The van der Waals surface area contributed by atoms with Gasteiger partial charge in [0.05, 0.1) is 17.9 Å². The van der Waals surface area contributed by atoms with Crippen LogP contribution in [0.4, 0.5) is 35.0 Å². The first-order valence-corrected chi connectivity index (χ1v) is 15.0. The first-order valence-electron chi connectivity index (χ1n) is 14.1. The van der Waals surface area contributed by atoms with Crippen LogP contribution in [0.15, 0.2) is 78.0 Å². The summed E-state index contributed by atoms with van der Waals surface area (Å²) in [6, 6.07) is 17.5. The van der Waals surface area contributed by atoms with Gasteiger partial charge < -0.3 is 15.4 Å². The van der Waals surface area contributed by atoms with E-state index in [9.17, 15) is 22.8 Å². The number of thioether (sulfide) groups is 1. The number of nitrogens with zero attached hydrogens (tertiary/aromatic N) is 5. The van der Waals surface area contributed by atoms with Crippen LogP contribution in [-0.2, 0) is 17.8 Å². The Morgan fingerprint density at radius 3 is 2.42 bits per heavy atom. The molecule has 0 aliphatic carbocycles. The Morgan fingerprint density at radius 1 is 1.07 bits per heavy atom. The molecule has 0 spiro atoms. The summed E-state index contributed by atoms with van der Waals surface area (Å²) in [6.07, 6.45) is -0.933. The maximum Gasteiger partial charge on any atom is 0.573 e. The van der Waals surface area contributed by atoms with E-state index in [1.54, 1.807) is 24.3 Å². The van der Waals surface area contributed by atoms with Crippen LogP contribution in [0, 0.1) is 6.92 Å². The quantitative estimate of drug-likeness (QED) is 0.100. The van der Waals surface area contributed by atoms with E-state index < -0.39 is 12.4 Å². The number of ether oxygens (including phenoxy) is 1. The summed E-state index contributed by atoms with van der Waals surface area (Å²) in [6.45, 7) is 6.21. The zero-order chi connectivity index (χ0) is 32.4. The van der Waals surface area contributed by atoms with Crippen molar-refractivity contribution in [2.45, 2.75) is 46.5 Å². The van der Waals surface area contributed by atoms with E-state index in [0.29, 0.717) is 35.0 Å². The average molecular weight is 640 g/mol. The maximum absolute atomic E-state index is 12.9. The lowest BCUT2D eigenvalue weighted by Gasteiger charge is -2.22. The molecule has 0 radical (unpaired) electrons. The number of alkyl halides is 3. The Hall–Kier alpha value is -4.85. The van der Waals surface area contributed by atoms with Crippen molar-refractivity contribution in [2.75, 3.05) is 21.3 Å². The SMILES string of the molecule is CCCc1ccc(C)cc1N(C=O)/C(=N/C(=O)Nc1ccc(NCc2ncn(-c3ccc(OC(F)(F)F)cc3)n2)cc1)SCC. The molecule has 1 aromatic heterocycles. The van der Waals surface area contributed by atoms with Crippen LogP contribution in [0.3, 0.4) is 0 Å². The molecule has 0 aliphatic heterocycles. The highest BCUT2D eigenvalue weighted by Crippen LogP contribution is 2.27. The number of rotatable bonds is 11. The van der Waals surface area contributed by atoms with Crippen LogP contribution in [0.1, 0.15) is 37.2 Å². The average Bonchev–Trinajstić information content (AvgIpc) is 3.47. The molecule has 4 aromatic rings. The second-order valence-electron chi connectivity index (χ2n) is 9.69. The highest BCUT2D eigenvalue weighted by atomic mass is 32.2. The molecule has 0 saturated carbocycles. The number of carbonyl (C=O) groups is 2. The fourth-order valence-electron chi connectivity index (χ4n) is 4.26. The number of amides is 3. The molecule has 14 heteroatoms. The summed E-state index contributed by atoms with van der Waals surface area (Å²) in [7, 11) is 0. The topological polar surface area (TPSA) is 114 Å². The summed E-state index contributed by atoms with van der Waals surface area (Å²) < 4.78 is 42.5. The summed E-state index contributed by atoms with van der Waals surface area (Å²) >= 11 is 1.30. The summed E-state index contributed by atoms with van der Waals surface area (Å²) in [5.74, 6) is 0.738. The molecule has 0 fully saturated rings. The van der Waals surface area contributed by atoms with Gasteiger partial charge >= 0.3 is 12.4 Å². The third-order valence-electron chi connectivity index (χ3n) is 6.26. The normalized spacial score (nSPS) is 11.6. The van der Waals surface area contributed by atoms with Crippen molar-refractivity contribution >= 4 is 46.4 Å². The number of benzene rings is 3. The van der Waals surface area contributed by atoms with E-state index in [-0.39, 0.29) is 17.5 Å². The number of nitrogens with one attached hydrogen (secondary N) is 2. The Balaban J connectivity index is 1.37. The van der Waals surface area contributed by atoms with Crippen molar-refractivity contribution in [2.24, 2.45) is 4.99 Å². The molecule has 0 saturated heterocycles. The zero-order valence-electron chi connectivity index (χ0n) is 24.8. The number of amidine groups is 1. The first kappa shape index (κ1) is 33.1. The van der Waals surface area contributed by atoms with Crippen molar-refractivity contribution in [3.8, 4) is 11.4 Å². The Kier molecular flexibility index (Phi) is 11.2. The van der Waals surface area contributed by atoms with Crippen LogP contribution in [0.2, 0.25) is 0 Å². The highest BCUT2D eigenvalue weighted by Gasteiger charge is 2.31. The number of halogens is 3. The molecule has 3 aromatic carbocycles. The van der Waals surface area contributed by atoms with Crippen molar-refractivity contribution in [3.05, 3.63) is 90.0 Å². The summed E-state index contributed by atoms with van der Waals surface area (Å²) in [4.78, 5) is 34.9. The summed E-state index contributed by atoms with van der Waals surface area (Å²) in [5.41, 5.74) is 4.46. The van der Waals surface area contributed by atoms with E-state index in [1.807, 2.05) is 32.0 Å². The predicted octanol–water partition coefficient (Wildman–Crippen LogP) is 7.34. The molecule has 4 rings (SSSR count). The van der Waals surface area contributed by atoms with Crippen molar-refractivity contribution in [1.82, 2.24) is 14.8 Å². The van der Waals surface area contributed by atoms with Gasteiger partial charge in [-0.3, -0.25) is 9.69 Å². The third-order valence-corrected chi connectivity index (χ3v) is 7.10. The minimum absolute atomic E-state index is 0.274. The lowest BCUT2D eigenvalue weighted by molar-refractivity contribution is -0.274. The maximum atomic E-state index is 12.9.